The summed E-state index contributed by atoms with van der Waals surface area (Å²) < 4.78 is 2.78. The number of aromatic nitrogens is 3. The largest absolute Gasteiger partial charge is 0.394 e. The molecule has 1 aliphatic rings. The van der Waals surface area contributed by atoms with Crippen LogP contribution in [0.3, 0.4) is 0 Å². The van der Waals surface area contributed by atoms with Gasteiger partial charge < -0.3 is 10.4 Å². The van der Waals surface area contributed by atoms with Crippen LogP contribution in [0.1, 0.15) is 18.5 Å². The number of halogens is 1. The zero-order valence-corrected chi connectivity index (χ0v) is 10.8. The molecule has 90 valence electrons. The van der Waals surface area contributed by atoms with Crippen molar-refractivity contribution < 1.29 is 5.11 Å². The smallest absolute Gasteiger partial charge is 0.155 e. The van der Waals surface area contributed by atoms with Gasteiger partial charge in [0.1, 0.15) is 4.60 Å². The lowest BCUT2D eigenvalue weighted by molar-refractivity contribution is 0.229. The average Bonchev–Trinajstić information content (AvgIpc) is 3.02. The van der Waals surface area contributed by atoms with Gasteiger partial charge in [-0.1, -0.05) is 0 Å². The number of fused-ring (bicyclic) bond motifs is 1. The number of aliphatic hydroxyl groups is 1. The van der Waals surface area contributed by atoms with E-state index in [1.807, 2.05) is 16.8 Å². The number of aliphatic hydroxyl groups excluding tert-OH is 1. The summed E-state index contributed by atoms with van der Waals surface area (Å²) in [6.45, 7) is 0.910. The number of imidazole rings is 1. The van der Waals surface area contributed by atoms with Gasteiger partial charge in [-0.25, -0.2) is 9.97 Å². The van der Waals surface area contributed by atoms with Crippen molar-refractivity contribution in [1.29, 1.82) is 0 Å². The van der Waals surface area contributed by atoms with Crippen LogP contribution >= 0.6 is 15.9 Å². The fourth-order valence-corrected chi connectivity index (χ4v) is 2.17. The predicted octanol–water partition coefficient (Wildman–Crippen LogP) is 1.11. The molecule has 2 aromatic rings. The molecule has 2 aromatic heterocycles. The molecule has 6 heteroatoms. The van der Waals surface area contributed by atoms with Crippen molar-refractivity contribution in [2.45, 2.75) is 24.9 Å². The minimum absolute atomic E-state index is 0.0472. The maximum Gasteiger partial charge on any atom is 0.155 e. The van der Waals surface area contributed by atoms with E-state index >= 15 is 0 Å². The number of nitrogens with one attached hydrogen (secondary N) is 1. The minimum Gasteiger partial charge on any atom is -0.394 e. The Labute approximate surface area is 107 Å². The Bertz CT molecular complexity index is 549. The molecule has 5 nitrogen and oxygen atoms in total. The minimum atomic E-state index is -0.0472. The first-order valence-corrected chi connectivity index (χ1v) is 6.35. The molecule has 1 saturated carbocycles. The Kier molecular flexibility index (Phi) is 2.65. The molecule has 0 radical (unpaired) electrons. The first kappa shape index (κ1) is 11.1. The molecular weight excluding hydrogens is 284 g/mol. The van der Waals surface area contributed by atoms with Gasteiger partial charge in [-0.2, -0.15) is 0 Å². The quantitative estimate of drug-likeness (QED) is 0.887. The Hall–Kier alpha value is -0.980. The molecule has 2 heterocycles. The van der Waals surface area contributed by atoms with Crippen LogP contribution in [0.2, 0.25) is 0 Å². The highest BCUT2D eigenvalue weighted by Crippen LogP contribution is 2.34. The summed E-state index contributed by atoms with van der Waals surface area (Å²) in [5, 5.41) is 12.6. The van der Waals surface area contributed by atoms with Crippen LogP contribution in [-0.2, 0) is 6.54 Å². The summed E-state index contributed by atoms with van der Waals surface area (Å²) in [5.41, 5.74) is 1.86. The van der Waals surface area contributed by atoms with Crippen molar-refractivity contribution in [3.05, 3.63) is 28.9 Å². The first-order valence-electron chi connectivity index (χ1n) is 5.56. The van der Waals surface area contributed by atoms with E-state index in [1.54, 1.807) is 6.20 Å². The molecule has 0 aromatic carbocycles. The van der Waals surface area contributed by atoms with Gasteiger partial charge in [0.2, 0.25) is 0 Å². The van der Waals surface area contributed by atoms with E-state index in [-0.39, 0.29) is 12.1 Å². The second kappa shape index (κ2) is 4.04. The molecule has 0 spiro atoms. The van der Waals surface area contributed by atoms with E-state index < -0.39 is 0 Å². The topological polar surface area (TPSA) is 62.5 Å². The second-order valence-electron chi connectivity index (χ2n) is 4.48. The first-order chi connectivity index (χ1) is 8.22. The molecular formula is C11H13BrN4O. The zero-order chi connectivity index (χ0) is 11.9. The summed E-state index contributed by atoms with van der Waals surface area (Å²) in [6.07, 6.45) is 7.56. The van der Waals surface area contributed by atoms with Crippen molar-refractivity contribution in [2.75, 3.05) is 6.61 Å². The number of hydrogen-bond acceptors (Lipinski definition) is 4. The van der Waals surface area contributed by atoms with Crippen LogP contribution < -0.4 is 5.32 Å². The predicted molar refractivity (Wildman–Crippen MR) is 66.6 cm³/mol. The maximum absolute atomic E-state index is 9.24. The Morgan fingerprint density at radius 3 is 2.94 bits per heavy atom. The van der Waals surface area contributed by atoms with Crippen molar-refractivity contribution in [3.63, 3.8) is 0 Å². The summed E-state index contributed by atoms with van der Waals surface area (Å²) >= 11 is 3.35. The fourth-order valence-electron chi connectivity index (χ4n) is 1.87. The van der Waals surface area contributed by atoms with Gasteiger partial charge in [-0.15, -0.1) is 0 Å². The third kappa shape index (κ3) is 2.08. The molecule has 0 saturated heterocycles. The van der Waals surface area contributed by atoms with Gasteiger partial charge in [-0.3, -0.25) is 4.40 Å². The van der Waals surface area contributed by atoms with Crippen molar-refractivity contribution in [1.82, 2.24) is 19.7 Å². The lowest BCUT2D eigenvalue weighted by atomic mass is 10.3. The van der Waals surface area contributed by atoms with Crippen LogP contribution in [0.4, 0.5) is 0 Å². The Morgan fingerprint density at radius 2 is 2.24 bits per heavy atom. The van der Waals surface area contributed by atoms with E-state index in [4.69, 9.17) is 0 Å². The van der Waals surface area contributed by atoms with E-state index in [1.165, 1.54) is 0 Å². The average molecular weight is 297 g/mol. The highest BCUT2D eigenvalue weighted by atomic mass is 79.9. The third-order valence-electron chi connectivity index (χ3n) is 3.24. The van der Waals surface area contributed by atoms with E-state index in [9.17, 15) is 5.11 Å². The Morgan fingerprint density at radius 1 is 1.41 bits per heavy atom. The van der Waals surface area contributed by atoms with Gasteiger partial charge in [0.25, 0.3) is 0 Å². The van der Waals surface area contributed by atoms with Gasteiger partial charge in [0.15, 0.2) is 5.65 Å². The molecule has 1 fully saturated rings. The van der Waals surface area contributed by atoms with Crippen LogP contribution in [0.5, 0.6) is 0 Å². The summed E-state index contributed by atoms with van der Waals surface area (Å²) in [6, 6.07) is 0. The molecule has 0 unspecified atom stereocenters. The third-order valence-corrected chi connectivity index (χ3v) is 3.65. The summed E-state index contributed by atoms with van der Waals surface area (Å²) in [7, 11) is 0. The van der Waals surface area contributed by atoms with E-state index in [0.29, 0.717) is 6.54 Å². The Balaban J connectivity index is 1.83. The lowest BCUT2D eigenvalue weighted by Crippen LogP contribution is -2.34. The number of rotatable bonds is 4. The van der Waals surface area contributed by atoms with Gasteiger partial charge in [-0.05, 0) is 28.8 Å². The van der Waals surface area contributed by atoms with Crippen molar-refractivity contribution in [3.8, 4) is 0 Å². The van der Waals surface area contributed by atoms with Gasteiger partial charge in [0, 0.05) is 18.3 Å². The zero-order valence-electron chi connectivity index (χ0n) is 9.23. The standard InChI is InChI=1S/C11H13BrN4O/c12-9-6-16-8(3-14-10(16)5-13-9)4-15-11(7-17)1-2-11/h3,5-6,15,17H,1-2,4,7H2. The van der Waals surface area contributed by atoms with Crippen molar-refractivity contribution >= 4 is 21.6 Å². The van der Waals surface area contributed by atoms with Crippen LogP contribution in [0.15, 0.2) is 23.2 Å². The maximum atomic E-state index is 9.24. The van der Waals surface area contributed by atoms with Gasteiger partial charge in [0.05, 0.1) is 24.7 Å². The molecule has 0 aliphatic heterocycles. The normalized spacial score (nSPS) is 17.5. The molecule has 2 N–H and O–H groups in total. The molecule has 17 heavy (non-hydrogen) atoms. The summed E-state index contributed by atoms with van der Waals surface area (Å²) in [5.74, 6) is 0. The highest BCUT2D eigenvalue weighted by Gasteiger charge is 2.41. The highest BCUT2D eigenvalue weighted by molar-refractivity contribution is 9.10. The van der Waals surface area contributed by atoms with Crippen molar-refractivity contribution in [2.24, 2.45) is 0 Å². The second-order valence-corrected chi connectivity index (χ2v) is 5.29. The molecule has 0 amide bonds. The summed E-state index contributed by atoms with van der Waals surface area (Å²) in [4.78, 5) is 8.41. The fraction of sp³-hybridized carbons (Fsp3) is 0.455. The number of hydrogen-bond donors (Lipinski definition) is 2. The van der Waals surface area contributed by atoms with Gasteiger partial charge >= 0.3 is 0 Å². The van der Waals surface area contributed by atoms with Crippen LogP contribution in [0, 0.1) is 0 Å². The van der Waals surface area contributed by atoms with Crippen LogP contribution in [0.25, 0.3) is 5.65 Å². The molecule has 3 rings (SSSR count). The molecule has 1 aliphatic carbocycles. The molecule has 0 atom stereocenters. The lowest BCUT2D eigenvalue weighted by Gasteiger charge is -2.13. The SMILES string of the molecule is OCC1(NCc2cnc3cnc(Br)cn23)CC1. The number of nitrogens with zero attached hydrogens (tertiary/aromatic N) is 3. The van der Waals surface area contributed by atoms with E-state index in [2.05, 4.69) is 31.2 Å². The van der Waals surface area contributed by atoms with Crippen LogP contribution in [-0.4, -0.2) is 31.6 Å². The molecule has 0 bridgehead atoms. The monoisotopic (exact) mass is 296 g/mol. The van der Waals surface area contributed by atoms with E-state index in [0.717, 1.165) is 28.8 Å².